The smallest absolute Gasteiger partial charge is 0.155 e. The van der Waals surface area contributed by atoms with E-state index in [9.17, 15) is 4.79 Å². The van der Waals surface area contributed by atoms with Crippen LogP contribution in [0.1, 0.15) is 32.8 Å². The van der Waals surface area contributed by atoms with Gasteiger partial charge in [-0.2, -0.15) is 0 Å². The van der Waals surface area contributed by atoms with E-state index < -0.39 is 8.07 Å². The number of Topliss-reactive ketones (excluding diaryl/α,β-unsaturated/α-hetero) is 1. The fourth-order valence-electron chi connectivity index (χ4n) is 3.92. The Bertz CT molecular complexity index is 639. The van der Waals surface area contributed by atoms with Gasteiger partial charge in [0.1, 0.15) is 0 Å². The third-order valence-corrected chi connectivity index (χ3v) is 11.7. The summed E-state index contributed by atoms with van der Waals surface area (Å²) in [5.41, 5.74) is 2.85. The van der Waals surface area contributed by atoms with Crippen LogP contribution in [0.25, 0.3) is 0 Å². The number of carbonyl (C=O) groups is 1. The number of fused-ring (bicyclic) bond motifs is 1. The topological polar surface area (TPSA) is 20.3 Å². The van der Waals surface area contributed by atoms with Crippen molar-refractivity contribution in [3.8, 4) is 0 Å². The molecule has 0 spiro atoms. The largest absolute Gasteiger partial charge is 0.295 e. The highest BCUT2D eigenvalue weighted by atomic mass is 28.3. The van der Waals surface area contributed by atoms with Crippen LogP contribution >= 0.6 is 0 Å². The SMILES string of the molecule is CC(C)(C)[Si](C)(C)C1=C2CN(Cc3ccccc3)CC2CC1=O. The molecule has 0 radical (unpaired) electrons. The van der Waals surface area contributed by atoms with Crippen LogP contribution in [0.3, 0.4) is 0 Å². The molecule has 1 aromatic carbocycles. The molecule has 1 saturated heterocycles. The lowest BCUT2D eigenvalue weighted by Crippen LogP contribution is -2.42. The lowest BCUT2D eigenvalue weighted by Gasteiger charge is -2.38. The van der Waals surface area contributed by atoms with Crippen LogP contribution in [0.15, 0.2) is 41.1 Å². The molecule has 124 valence electrons. The number of rotatable bonds is 3. The molecule has 1 heterocycles. The molecule has 1 aliphatic carbocycles. The Kier molecular flexibility index (Phi) is 4.14. The second kappa shape index (κ2) is 5.71. The summed E-state index contributed by atoms with van der Waals surface area (Å²) in [7, 11) is -1.74. The number of allylic oxidation sites excluding steroid dienone is 1. The van der Waals surface area contributed by atoms with Gasteiger partial charge in [-0.15, -0.1) is 0 Å². The molecule has 3 heteroatoms. The molecule has 2 aliphatic rings. The monoisotopic (exact) mass is 327 g/mol. The zero-order valence-electron chi connectivity index (χ0n) is 15.1. The molecular weight excluding hydrogens is 298 g/mol. The average molecular weight is 328 g/mol. The lowest BCUT2D eigenvalue weighted by atomic mass is 10.1. The van der Waals surface area contributed by atoms with Crippen molar-refractivity contribution in [2.45, 2.75) is 51.9 Å². The summed E-state index contributed by atoms with van der Waals surface area (Å²) in [6.07, 6.45) is 0.752. The summed E-state index contributed by atoms with van der Waals surface area (Å²) in [4.78, 5) is 15.2. The van der Waals surface area contributed by atoms with E-state index in [4.69, 9.17) is 0 Å². The Labute approximate surface area is 141 Å². The zero-order valence-corrected chi connectivity index (χ0v) is 16.1. The fourth-order valence-corrected chi connectivity index (χ4v) is 6.55. The maximum atomic E-state index is 12.7. The molecule has 0 N–H and O–H groups in total. The minimum atomic E-state index is -1.74. The molecule has 0 saturated carbocycles. The predicted octanol–water partition coefficient (Wildman–Crippen LogP) is 4.44. The van der Waals surface area contributed by atoms with Crippen molar-refractivity contribution in [2.24, 2.45) is 5.92 Å². The molecule has 0 aromatic heterocycles. The van der Waals surface area contributed by atoms with Gasteiger partial charge in [0, 0.05) is 32.0 Å². The van der Waals surface area contributed by atoms with Crippen molar-refractivity contribution in [2.75, 3.05) is 13.1 Å². The van der Waals surface area contributed by atoms with Crippen LogP contribution in [0.4, 0.5) is 0 Å². The van der Waals surface area contributed by atoms with E-state index in [1.807, 2.05) is 0 Å². The number of benzene rings is 1. The minimum Gasteiger partial charge on any atom is -0.295 e. The molecule has 1 aromatic rings. The van der Waals surface area contributed by atoms with Gasteiger partial charge in [0.2, 0.25) is 0 Å². The van der Waals surface area contributed by atoms with Gasteiger partial charge in [0.05, 0.1) is 8.07 Å². The van der Waals surface area contributed by atoms with Crippen molar-refractivity contribution in [1.29, 1.82) is 0 Å². The van der Waals surface area contributed by atoms with Crippen LogP contribution in [0.5, 0.6) is 0 Å². The van der Waals surface area contributed by atoms with Crippen LogP contribution in [0, 0.1) is 5.92 Å². The summed E-state index contributed by atoms with van der Waals surface area (Å²) >= 11 is 0. The third-order valence-electron chi connectivity index (χ3n) is 6.15. The van der Waals surface area contributed by atoms with Gasteiger partial charge in [0.25, 0.3) is 0 Å². The van der Waals surface area contributed by atoms with Gasteiger partial charge in [-0.25, -0.2) is 0 Å². The lowest BCUT2D eigenvalue weighted by molar-refractivity contribution is -0.115. The van der Waals surface area contributed by atoms with E-state index in [-0.39, 0.29) is 5.04 Å². The minimum absolute atomic E-state index is 0.229. The van der Waals surface area contributed by atoms with Crippen molar-refractivity contribution in [3.05, 3.63) is 46.7 Å². The van der Waals surface area contributed by atoms with Gasteiger partial charge in [-0.1, -0.05) is 64.2 Å². The van der Waals surface area contributed by atoms with E-state index in [2.05, 4.69) is 69.1 Å². The second-order valence-electron chi connectivity index (χ2n) is 8.75. The first-order valence-electron chi connectivity index (χ1n) is 8.73. The number of hydrogen-bond acceptors (Lipinski definition) is 2. The molecule has 2 nitrogen and oxygen atoms in total. The maximum absolute atomic E-state index is 12.7. The molecule has 1 aliphatic heterocycles. The van der Waals surface area contributed by atoms with E-state index in [1.54, 1.807) is 0 Å². The molecule has 3 rings (SSSR count). The summed E-state index contributed by atoms with van der Waals surface area (Å²) < 4.78 is 0. The number of ketones is 1. The second-order valence-corrected chi connectivity index (χ2v) is 14.0. The van der Waals surface area contributed by atoms with E-state index in [0.29, 0.717) is 11.7 Å². The van der Waals surface area contributed by atoms with Crippen molar-refractivity contribution in [1.82, 2.24) is 4.90 Å². The summed E-state index contributed by atoms with van der Waals surface area (Å²) in [5.74, 6) is 0.936. The Morgan fingerprint density at radius 2 is 1.83 bits per heavy atom. The van der Waals surface area contributed by atoms with Gasteiger partial charge in [0.15, 0.2) is 5.78 Å². The van der Waals surface area contributed by atoms with Crippen LogP contribution in [-0.2, 0) is 11.3 Å². The third kappa shape index (κ3) is 2.97. The van der Waals surface area contributed by atoms with Crippen molar-refractivity contribution in [3.63, 3.8) is 0 Å². The Hall–Kier alpha value is -1.19. The van der Waals surface area contributed by atoms with Gasteiger partial charge in [-0.3, -0.25) is 9.69 Å². The number of likely N-dealkylation sites (tertiary alicyclic amines) is 1. The standard InChI is InChI=1S/C20H29NOSi/c1-20(2,3)23(4,5)19-17-14-21(13-16(17)11-18(19)22)12-15-9-7-6-8-10-15/h6-10,16H,11-14H2,1-5H3. The van der Waals surface area contributed by atoms with Gasteiger partial charge < -0.3 is 0 Å². The van der Waals surface area contributed by atoms with Gasteiger partial charge >= 0.3 is 0 Å². The zero-order chi connectivity index (χ0) is 16.8. The molecule has 0 bridgehead atoms. The predicted molar refractivity (Wildman–Crippen MR) is 99.1 cm³/mol. The van der Waals surface area contributed by atoms with Crippen molar-refractivity contribution >= 4 is 13.9 Å². The highest BCUT2D eigenvalue weighted by molar-refractivity contribution is 6.91. The Morgan fingerprint density at radius 1 is 1.17 bits per heavy atom. The highest BCUT2D eigenvalue weighted by Crippen LogP contribution is 2.48. The quantitative estimate of drug-likeness (QED) is 0.765. The highest BCUT2D eigenvalue weighted by Gasteiger charge is 2.49. The first-order chi connectivity index (χ1) is 10.7. The van der Waals surface area contributed by atoms with E-state index >= 15 is 0 Å². The maximum Gasteiger partial charge on any atom is 0.155 e. The first kappa shape index (κ1) is 16.7. The van der Waals surface area contributed by atoms with E-state index in [1.165, 1.54) is 16.3 Å². The molecule has 1 atom stereocenters. The van der Waals surface area contributed by atoms with Crippen LogP contribution < -0.4 is 0 Å². The average Bonchev–Trinajstić information content (AvgIpc) is 2.93. The first-order valence-corrected chi connectivity index (χ1v) is 11.7. The Morgan fingerprint density at radius 3 is 2.43 bits per heavy atom. The van der Waals surface area contributed by atoms with Crippen molar-refractivity contribution < 1.29 is 4.79 Å². The van der Waals surface area contributed by atoms with Crippen LogP contribution in [0.2, 0.25) is 18.1 Å². The normalized spacial score (nSPS) is 22.8. The van der Waals surface area contributed by atoms with Gasteiger partial charge in [-0.05, 0) is 21.4 Å². The van der Waals surface area contributed by atoms with Crippen LogP contribution in [-0.4, -0.2) is 31.8 Å². The number of hydrogen-bond donors (Lipinski definition) is 0. The number of carbonyl (C=O) groups excluding carboxylic acids is 1. The molecule has 0 amide bonds. The van der Waals surface area contributed by atoms with E-state index in [0.717, 1.165) is 26.1 Å². The molecular formula is C20H29NOSi. The fraction of sp³-hybridized carbons (Fsp3) is 0.550. The Balaban J connectivity index is 1.86. The molecule has 23 heavy (non-hydrogen) atoms. The number of nitrogens with zero attached hydrogens (tertiary/aromatic N) is 1. The summed E-state index contributed by atoms with van der Waals surface area (Å²) in [6.45, 7) is 14.7. The molecule has 1 fully saturated rings. The molecule has 1 unspecified atom stereocenters. The summed E-state index contributed by atoms with van der Waals surface area (Å²) in [6, 6.07) is 10.7. The summed E-state index contributed by atoms with van der Waals surface area (Å²) in [5, 5.41) is 1.50.